The molecule has 1 atom stereocenters. The molecule has 1 aromatic heterocycles. The summed E-state index contributed by atoms with van der Waals surface area (Å²) in [6.07, 6.45) is 0.634. The normalized spacial score (nSPS) is 19.4. The molecular formula is C15H15BrN2O. The summed E-state index contributed by atoms with van der Waals surface area (Å²) in [5.41, 5.74) is 2.97. The smallest absolute Gasteiger partial charge is 0.227 e. The molecule has 3 nitrogen and oxygen atoms in total. The maximum absolute atomic E-state index is 12.0. The highest BCUT2D eigenvalue weighted by Gasteiger charge is 2.29. The van der Waals surface area contributed by atoms with E-state index in [1.54, 1.807) is 0 Å². The maximum Gasteiger partial charge on any atom is 0.227 e. The van der Waals surface area contributed by atoms with Gasteiger partial charge in [0.15, 0.2) is 0 Å². The summed E-state index contributed by atoms with van der Waals surface area (Å²) < 4.78 is 0. The van der Waals surface area contributed by atoms with E-state index in [0.29, 0.717) is 12.3 Å². The molecule has 0 bridgehead atoms. The van der Waals surface area contributed by atoms with Crippen molar-refractivity contribution in [2.45, 2.75) is 13.3 Å². The fourth-order valence-corrected chi connectivity index (χ4v) is 2.95. The van der Waals surface area contributed by atoms with Gasteiger partial charge in [0.05, 0.1) is 5.52 Å². The Hall–Kier alpha value is -1.42. The number of alkyl halides is 1. The van der Waals surface area contributed by atoms with Crippen molar-refractivity contribution in [2.75, 3.05) is 16.8 Å². The molecule has 0 spiro atoms. The summed E-state index contributed by atoms with van der Waals surface area (Å²) in [5.74, 6) is 0.628. The van der Waals surface area contributed by atoms with E-state index in [1.165, 1.54) is 0 Å². The van der Waals surface area contributed by atoms with Crippen LogP contribution in [0.15, 0.2) is 30.3 Å². The zero-order valence-corrected chi connectivity index (χ0v) is 12.4. The first-order valence-electron chi connectivity index (χ1n) is 6.41. The highest BCUT2D eigenvalue weighted by atomic mass is 79.9. The molecule has 0 N–H and O–H groups in total. The lowest BCUT2D eigenvalue weighted by Crippen LogP contribution is -2.24. The summed E-state index contributed by atoms with van der Waals surface area (Å²) in [5, 5.41) is 1.96. The molecule has 2 heterocycles. The molecule has 0 radical (unpaired) electrons. The van der Waals surface area contributed by atoms with Gasteiger partial charge in [0.2, 0.25) is 5.91 Å². The van der Waals surface area contributed by atoms with Crippen LogP contribution >= 0.6 is 15.9 Å². The maximum atomic E-state index is 12.0. The highest BCUT2D eigenvalue weighted by Crippen LogP contribution is 2.28. The molecule has 1 unspecified atom stereocenters. The van der Waals surface area contributed by atoms with E-state index >= 15 is 0 Å². The molecule has 0 aliphatic carbocycles. The van der Waals surface area contributed by atoms with Gasteiger partial charge in [0, 0.05) is 35.1 Å². The van der Waals surface area contributed by atoms with Crippen LogP contribution in [0.5, 0.6) is 0 Å². The van der Waals surface area contributed by atoms with Gasteiger partial charge in [-0.05, 0) is 37.1 Å². The Labute approximate surface area is 120 Å². The van der Waals surface area contributed by atoms with Crippen LogP contribution in [0.2, 0.25) is 0 Å². The fourth-order valence-electron chi connectivity index (χ4n) is 2.52. The van der Waals surface area contributed by atoms with Crippen molar-refractivity contribution in [1.29, 1.82) is 0 Å². The summed E-state index contributed by atoms with van der Waals surface area (Å²) in [4.78, 5) is 18.4. The first-order chi connectivity index (χ1) is 9.17. The topological polar surface area (TPSA) is 33.2 Å². The Morgan fingerprint density at radius 3 is 2.95 bits per heavy atom. The van der Waals surface area contributed by atoms with Gasteiger partial charge in [0.25, 0.3) is 0 Å². The van der Waals surface area contributed by atoms with Crippen molar-refractivity contribution >= 4 is 38.4 Å². The lowest BCUT2D eigenvalue weighted by molar-refractivity contribution is -0.117. The van der Waals surface area contributed by atoms with E-state index in [0.717, 1.165) is 34.2 Å². The van der Waals surface area contributed by atoms with Crippen molar-refractivity contribution < 1.29 is 4.79 Å². The van der Waals surface area contributed by atoms with Gasteiger partial charge < -0.3 is 4.90 Å². The van der Waals surface area contributed by atoms with Crippen molar-refractivity contribution in [2.24, 2.45) is 5.92 Å². The second-order valence-corrected chi connectivity index (χ2v) is 5.71. The molecule has 0 saturated carbocycles. The minimum absolute atomic E-state index is 0.212. The van der Waals surface area contributed by atoms with Gasteiger partial charge >= 0.3 is 0 Å². The number of pyridine rings is 1. The first kappa shape index (κ1) is 12.6. The number of rotatable bonds is 2. The molecule has 3 rings (SSSR count). The molecule has 1 aliphatic heterocycles. The van der Waals surface area contributed by atoms with E-state index in [-0.39, 0.29) is 5.91 Å². The Kier molecular flexibility index (Phi) is 3.27. The van der Waals surface area contributed by atoms with Crippen molar-refractivity contribution in [3.63, 3.8) is 0 Å². The van der Waals surface area contributed by atoms with Crippen LogP contribution in [-0.2, 0) is 4.79 Å². The van der Waals surface area contributed by atoms with Crippen LogP contribution in [0.25, 0.3) is 10.9 Å². The number of halogens is 1. The Morgan fingerprint density at radius 1 is 1.37 bits per heavy atom. The third kappa shape index (κ3) is 2.37. The van der Waals surface area contributed by atoms with Gasteiger partial charge in [-0.2, -0.15) is 0 Å². The molecule has 1 amide bonds. The van der Waals surface area contributed by atoms with E-state index in [9.17, 15) is 4.79 Å². The lowest BCUT2D eigenvalue weighted by atomic mass is 10.1. The molecule has 2 aromatic rings. The molecule has 98 valence electrons. The minimum Gasteiger partial charge on any atom is -0.312 e. The van der Waals surface area contributed by atoms with Gasteiger partial charge in [-0.25, -0.2) is 0 Å². The number of fused-ring (bicyclic) bond motifs is 1. The molecule has 4 heteroatoms. The fraction of sp³-hybridized carbons (Fsp3) is 0.333. The van der Waals surface area contributed by atoms with Crippen molar-refractivity contribution in [3.8, 4) is 0 Å². The summed E-state index contributed by atoms with van der Waals surface area (Å²) in [7, 11) is 0. The van der Waals surface area contributed by atoms with E-state index in [4.69, 9.17) is 0 Å². The van der Waals surface area contributed by atoms with E-state index < -0.39 is 0 Å². The number of aryl methyl sites for hydroxylation is 1. The summed E-state index contributed by atoms with van der Waals surface area (Å²) in [6.45, 7) is 2.78. The summed E-state index contributed by atoms with van der Waals surface area (Å²) >= 11 is 3.46. The third-order valence-corrected chi connectivity index (χ3v) is 4.46. The van der Waals surface area contributed by atoms with Crippen molar-refractivity contribution in [3.05, 3.63) is 36.0 Å². The largest absolute Gasteiger partial charge is 0.312 e. The lowest BCUT2D eigenvalue weighted by Gasteiger charge is -2.17. The Balaban J connectivity index is 1.97. The Bertz CT molecular complexity index is 641. The van der Waals surface area contributed by atoms with Crippen LogP contribution in [0.3, 0.4) is 0 Å². The van der Waals surface area contributed by atoms with Crippen molar-refractivity contribution in [1.82, 2.24) is 4.98 Å². The highest BCUT2D eigenvalue weighted by molar-refractivity contribution is 9.09. The van der Waals surface area contributed by atoms with E-state index in [1.807, 2.05) is 30.0 Å². The molecule has 1 fully saturated rings. The average molecular weight is 319 g/mol. The number of nitrogens with zero attached hydrogens (tertiary/aromatic N) is 2. The second-order valence-electron chi connectivity index (χ2n) is 5.06. The molecule has 1 aromatic carbocycles. The second kappa shape index (κ2) is 4.93. The average Bonchev–Trinajstić information content (AvgIpc) is 2.79. The Morgan fingerprint density at radius 2 is 2.21 bits per heavy atom. The van der Waals surface area contributed by atoms with Gasteiger partial charge in [-0.15, -0.1) is 0 Å². The van der Waals surface area contributed by atoms with Crippen LogP contribution in [0.4, 0.5) is 5.69 Å². The number of hydrogen-bond donors (Lipinski definition) is 0. The van der Waals surface area contributed by atoms with Crippen LogP contribution in [0.1, 0.15) is 12.1 Å². The molecule has 19 heavy (non-hydrogen) atoms. The van der Waals surface area contributed by atoms with Crippen LogP contribution in [-0.4, -0.2) is 22.8 Å². The number of benzene rings is 1. The zero-order chi connectivity index (χ0) is 13.4. The third-order valence-electron chi connectivity index (χ3n) is 3.55. The SMILES string of the molecule is Cc1ccc2cc(N3CC(CBr)CC3=O)ccc2n1. The zero-order valence-electron chi connectivity index (χ0n) is 10.8. The number of anilines is 1. The predicted molar refractivity (Wildman–Crippen MR) is 80.7 cm³/mol. The minimum atomic E-state index is 0.212. The first-order valence-corrected chi connectivity index (χ1v) is 7.53. The number of amides is 1. The quantitative estimate of drug-likeness (QED) is 0.796. The number of carbonyl (C=O) groups excluding carboxylic acids is 1. The van der Waals surface area contributed by atoms with E-state index in [2.05, 4.69) is 33.0 Å². The van der Waals surface area contributed by atoms with Crippen LogP contribution < -0.4 is 4.90 Å². The van der Waals surface area contributed by atoms with Crippen LogP contribution in [0, 0.1) is 12.8 Å². The number of carbonyl (C=O) groups is 1. The molecule has 1 saturated heterocycles. The number of aromatic nitrogens is 1. The molecular weight excluding hydrogens is 304 g/mol. The van der Waals surface area contributed by atoms with Gasteiger partial charge in [-0.1, -0.05) is 22.0 Å². The summed E-state index contributed by atoms with van der Waals surface area (Å²) in [6, 6.07) is 10.1. The van der Waals surface area contributed by atoms with Gasteiger partial charge in [0.1, 0.15) is 0 Å². The standard InChI is InChI=1S/C15H15BrN2O/c1-10-2-3-12-7-13(4-5-14(12)17-10)18-9-11(8-16)6-15(18)19/h2-5,7,11H,6,8-9H2,1H3. The predicted octanol–water partition coefficient (Wildman–Crippen LogP) is 3.29. The number of hydrogen-bond acceptors (Lipinski definition) is 2. The molecule has 1 aliphatic rings. The van der Waals surface area contributed by atoms with Gasteiger partial charge in [-0.3, -0.25) is 9.78 Å². The monoisotopic (exact) mass is 318 g/mol.